The molecule has 0 unspecified atom stereocenters. The van der Waals surface area contributed by atoms with Crippen molar-refractivity contribution in [2.24, 2.45) is 0 Å². The second-order valence-electron chi connectivity index (χ2n) is 8.04. The molecule has 0 amide bonds. The van der Waals surface area contributed by atoms with Crippen molar-refractivity contribution in [2.75, 3.05) is 6.26 Å². The summed E-state index contributed by atoms with van der Waals surface area (Å²) in [5.74, 6) is 1.13. The molecule has 1 fully saturated rings. The first-order chi connectivity index (χ1) is 15.6. The summed E-state index contributed by atoms with van der Waals surface area (Å²) in [7, 11) is 0. The van der Waals surface area contributed by atoms with Gasteiger partial charge in [0.1, 0.15) is 17.5 Å². The van der Waals surface area contributed by atoms with Gasteiger partial charge in [-0.1, -0.05) is 13.0 Å². The van der Waals surface area contributed by atoms with E-state index >= 15 is 0 Å². The molecule has 5 nitrogen and oxygen atoms in total. The van der Waals surface area contributed by atoms with Crippen LogP contribution in [0.2, 0.25) is 0 Å². The van der Waals surface area contributed by atoms with E-state index in [0.717, 1.165) is 35.9 Å². The van der Waals surface area contributed by atoms with Crippen LogP contribution in [-0.4, -0.2) is 38.3 Å². The summed E-state index contributed by atoms with van der Waals surface area (Å²) < 4.78 is 45.5. The number of pyridine rings is 1. The Balaban J connectivity index is 1.84. The molecule has 0 aliphatic heterocycles. The third kappa shape index (κ3) is 6.72. The molecule has 0 atom stereocenters. The van der Waals surface area contributed by atoms with Gasteiger partial charge in [0.05, 0.1) is 11.4 Å². The normalized spacial score (nSPS) is 15.0. The first kappa shape index (κ1) is 25.1. The van der Waals surface area contributed by atoms with Crippen molar-refractivity contribution in [1.82, 2.24) is 19.9 Å². The molecule has 0 bridgehead atoms. The van der Waals surface area contributed by atoms with Crippen LogP contribution in [0.3, 0.4) is 0 Å². The van der Waals surface area contributed by atoms with Gasteiger partial charge in [-0.2, -0.15) is 18.2 Å². The monoisotopic (exact) mass is 478 g/mol. The van der Waals surface area contributed by atoms with Crippen LogP contribution in [0.25, 0.3) is 5.70 Å². The summed E-state index contributed by atoms with van der Waals surface area (Å²) in [6.45, 7) is 7.09. The molecule has 2 aromatic heterocycles. The molecule has 1 saturated carbocycles. The first-order valence-electron chi connectivity index (χ1n) is 10.8. The third-order valence-electron chi connectivity index (χ3n) is 5.16. The summed E-state index contributed by atoms with van der Waals surface area (Å²) in [5, 5.41) is 0.832. The smallest absolute Gasteiger partial charge is 0.413 e. The number of aromatic nitrogens is 3. The van der Waals surface area contributed by atoms with Crippen LogP contribution < -0.4 is 4.74 Å². The standard InChI is InChI=1S/C24H29F3N4OS/c1-6-7-20(31(19-8-9-19)13-16(3)24(25,26)27)23-15(2)10-18(12-28-23)14-32-21-11-22(33-5)30-17(4)29-21/h7,10-13,19H,6,8-9,14H2,1-5H3/b16-13+,20-7-. The van der Waals surface area contributed by atoms with E-state index in [2.05, 4.69) is 15.0 Å². The minimum absolute atomic E-state index is 0.0657. The van der Waals surface area contributed by atoms with Crippen LogP contribution >= 0.6 is 11.8 Å². The minimum Gasteiger partial charge on any atom is -0.473 e. The highest BCUT2D eigenvalue weighted by Crippen LogP contribution is 2.37. The van der Waals surface area contributed by atoms with Crippen molar-refractivity contribution >= 4 is 17.5 Å². The predicted molar refractivity (Wildman–Crippen MR) is 125 cm³/mol. The summed E-state index contributed by atoms with van der Waals surface area (Å²) in [4.78, 5) is 15.0. The Hall–Kier alpha value is -2.55. The molecular formula is C24H29F3N4OS. The van der Waals surface area contributed by atoms with Crippen LogP contribution in [0.5, 0.6) is 5.88 Å². The second kappa shape index (κ2) is 10.6. The molecule has 0 N–H and O–H groups in total. The number of thioether (sulfide) groups is 1. The number of rotatable bonds is 9. The molecule has 0 aromatic carbocycles. The van der Waals surface area contributed by atoms with E-state index < -0.39 is 11.7 Å². The number of halogens is 3. The Labute approximate surface area is 197 Å². The van der Waals surface area contributed by atoms with Crippen LogP contribution in [-0.2, 0) is 6.61 Å². The van der Waals surface area contributed by atoms with E-state index in [1.807, 2.05) is 39.2 Å². The molecule has 2 aromatic rings. The lowest BCUT2D eigenvalue weighted by Gasteiger charge is -2.26. The Kier molecular flexibility index (Phi) is 8.05. The highest BCUT2D eigenvalue weighted by atomic mass is 32.2. The molecule has 1 aliphatic carbocycles. The van der Waals surface area contributed by atoms with Crippen molar-refractivity contribution in [1.29, 1.82) is 0 Å². The number of hydrogen-bond donors (Lipinski definition) is 0. The maximum atomic E-state index is 13.2. The summed E-state index contributed by atoms with van der Waals surface area (Å²) in [5.41, 5.74) is 2.51. The molecule has 0 radical (unpaired) electrons. The van der Waals surface area contributed by atoms with Gasteiger partial charge in [0, 0.05) is 35.6 Å². The molecular weight excluding hydrogens is 449 g/mol. The topological polar surface area (TPSA) is 51.1 Å². The fourth-order valence-corrected chi connectivity index (χ4v) is 3.80. The lowest BCUT2D eigenvalue weighted by molar-refractivity contribution is -0.0922. The van der Waals surface area contributed by atoms with E-state index in [4.69, 9.17) is 4.74 Å². The lowest BCUT2D eigenvalue weighted by Crippen LogP contribution is -2.23. The Morgan fingerprint density at radius 2 is 1.97 bits per heavy atom. The number of ether oxygens (including phenoxy) is 1. The Morgan fingerprint density at radius 3 is 2.55 bits per heavy atom. The van der Waals surface area contributed by atoms with E-state index in [1.165, 1.54) is 18.0 Å². The molecule has 0 spiro atoms. The largest absolute Gasteiger partial charge is 0.473 e. The summed E-state index contributed by atoms with van der Waals surface area (Å²) in [6.07, 6.45) is 4.87. The number of allylic oxidation sites excluding steroid dienone is 2. The third-order valence-corrected chi connectivity index (χ3v) is 5.79. The van der Waals surface area contributed by atoms with Crippen molar-refractivity contribution in [2.45, 2.75) is 70.8 Å². The lowest BCUT2D eigenvalue weighted by atomic mass is 10.1. The maximum Gasteiger partial charge on any atom is 0.413 e. The van der Waals surface area contributed by atoms with E-state index in [1.54, 1.807) is 17.2 Å². The number of aryl methyl sites for hydroxylation is 2. The highest BCUT2D eigenvalue weighted by molar-refractivity contribution is 7.98. The van der Waals surface area contributed by atoms with Crippen molar-refractivity contribution < 1.29 is 17.9 Å². The van der Waals surface area contributed by atoms with Crippen LogP contribution in [0, 0.1) is 13.8 Å². The average Bonchev–Trinajstić information content (AvgIpc) is 3.59. The summed E-state index contributed by atoms with van der Waals surface area (Å²) >= 11 is 1.52. The zero-order chi connectivity index (χ0) is 24.2. The molecule has 33 heavy (non-hydrogen) atoms. The molecule has 1 aliphatic rings. The number of nitrogens with zero attached hydrogens (tertiary/aromatic N) is 4. The Bertz CT molecular complexity index is 1050. The molecule has 0 saturated heterocycles. The van der Waals surface area contributed by atoms with Crippen LogP contribution in [0.4, 0.5) is 13.2 Å². The summed E-state index contributed by atoms with van der Waals surface area (Å²) in [6, 6.07) is 3.81. The number of alkyl halides is 3. The minimum atomic E-state index is -4.36. The average molecular weight is 479 g/mol. The van der Waals surface area contributed by atoms with Gasteiger partial charge in [0.2, 0.25) is 5.88 Å². The van der Waals surface area contributed by atoms with Crippen molar-refractivity contribution in [3.05, 3.63) is 58.8 Å². The first-order valence-corrected chi connectivity index (χ1v) is 12.1. The van der Waals surface area contributed by atoms with E-state index in [-0.39, 0.29) is 12.6 Å². The molecule has 178 valence electrons. The van der Waals surface area contributed by atoms with Gasteiger partial charge in [-0.15, -0.1) is 11.8 Å². The fraction of sp³-hybridized carbons (Fsp3) is 0.458. The SMILES string of the molecule is CC/C=C(/c1ncc(COc2cc(SC)nc(C)n2)cc1C)N(/C=C(\C)C(F)(F)F)C1CC1. The van der Waals surface area contributed by atoms with E-state index in [9.17, 15) is 13.2 Å². The van der Waals surface area contributed by atoms with Gasteiger partial charge in [-0.25, -0.2) is 4.98 Å². The number of hydrogen-bond acceptors (Lipinski definition) is 6. The van der Waals surface area contributed by atoms with Gasteiger partial charge in [0.15, 0.2) is 0 Å². The molecule has 2 heterocycles. The van der Waals surface area contributed by atoms with Crippen LogP contribution in [0.1, 0.15) is 55.8 Å². The maximum absolute atomic E-state index is 13.2. The zero-order valence-corrected chi connectivity index (χ0v) is 20.3. The van der Waals surface area contributed by atoms with Gasteiger partial charge in [-0.05, 0) is 57.9 Å². The molecule has 9 heteroatoms. The van der Waals surface area contributed by atoms with Crippen molar-refractivity contribution in [3.8, 4) is 5.88 Å². The Morgan fingerprint density at radius 1 is 1.24 bits per heavy atom. The van der Waals surface area contributed by atoms with Gasteiger partial charge < -0.3 is 9.64 Å². The van der Waals surface area contributed by atoms with Gasteiger partial charge in [0.25, 0.3) is 0 Å². The van der Waals surface area contributed by atoms with Gasteiger partial charge >= 0.3 is 6.18 Å². The van der Waals surface area contributed by atoms with Crippen LogP contribution in [0.15, 0.2) is 41.2 Å². The zero-order valence-electron chi connectivity index (χ0n) is 19.5. The highest BCUT2D eigenvalue weighted by Gasteiger charge is 2.35. The van der Waals surface area contributed by atoms with E-state index in [0.29, 0.717) is 29.5 Å². The van der Waals surface area contributed by atoms with Gasteiger partial charge in [-0.3, -0.25) is 4.98 Å². The second-order valence-corrected chi connectivity index (χ2v) is 8.87. The predicted octanol–water partition coefficient (Wildman–Crippen LogP) is 6.47. The van der Waals surface area contributed by atoms with Crippen molar-refractivity contribution in [3.63, 3.8) is 0 Å². The fourth-order valence-electron chi connectivity index (χ4n) is 3.35. The quantitative estimate of drug-likeness (QED) is 0.304. The molecule has 3 rings (SSSR count).